The van der Waals surface area contributed by atoms with Gasteiger partial charge in [-0.3, -0.25) is 9.89 Å². The number of carbonyl (C=O) groups is 1. The predicted octanol–water partition coefficient (Wildman–Crippen LogP) is 2.69. The van der Waals surface area contributed by atoms with Gasteiger partial charge in [0.2, 0.25) is 0 Å². The first kappa shape index (κ1) is 13.3. The van der Waals surface area contributed by atoms with E-state index in [4.69, 9.17) is 0 Å². The molecule has 2 rings (SSSR count). The molecule has 0 saturated heterocycles. The van der Waals surface area contributed by atoms with Gasteiger partial charge in [0.15, 0.2) is 0 Å². The van der Waals surface area contributed by atoms with E-state index in [0.29, 0.717) is 18.7 Å². The molecule has 0 radical (unpaired) electrons. The summed E-state index contributed by atoms with van der Waals surface area (Å²) in [6, 6.07) is 10.0. The van der Waals surface area contributed by atoms with E-state index in [1.807, 2.05) is 56.0 Å². The smallest absolute Gasteiger partial charge is 0.257 e. The SMILES string of the molecule is CCN(Cc1ccccc1)C(=O)c1c(C)n[nH]c1C. The zero-order valence-electron chi connectivity index (χ0n) is 11.6. The van der Waals surface area contributed by atoms with Crippen LogP contribution in [0.25, 0.3) is 0 Å². The molecule has 0 bridgehead atoms. The fourth-order valence-corrected chi connectivity index (χ4v) is 2.16. The molecule has 0 aliphatic heterocycles. The van der Waals surface area contributed by atoms with Crippen LogP contribution in [0.3, 0.4) is 0 Å². The van der Waals surface area contributed by atoms with Crippen molar-refractivity contribution < 1.29 is 4.79 Å². The highest BCUT2D eigenvalue weighted by molar-refractivity contribution is 5.96. The molecule has 0 saturated carbocycles. The van der Waals surface area contributed by atoms with Crippen LogP contribution in [0.4, 0.5) is 0 Å². The van der Waals surface area contributed by atoms with Gasteiger partial charge in [0.05, 0.1) is 11.3 Å². The maximum absolute atomic E-state index is 12.5. The molecule has 1 amide bonds. The van der Waals surface area contributed by atoms with E-state index < -0.39 is 0 Å². The number of aromatic amines is 1. The van der Waals surface area contributed by atoms with Gasteiger partial charge in [-0.25, -0.2) is 0 Å². The van der Waals surface area contributed by atoms with Crippen molar-refractivity contribution in [2.75, 3.05) is 6.54 Å². The molecule has 4 heteroatoms. The molecular formula is C15H19N3O. The van der Waals surface area contributed by atoms with Crippen LogP contribution in [-0.2, 0) is 6.54 Å². The minimum atomic E-state index is 0.0371. The molecule has 1 aromatic carbocycles. The van der Waals surface area contributed by atoms with Crippen molar-refractivity contribution in [3.05, 3.63) is 52.8 Å². The average Bonchev–Trinajstić information content (AvgIpc) is 2.76. The van der Waals surface area contributed by atoms with Crippen molar-refractivity contribution in [2.24, 2.45) is 0 Å². The molecule has 0 aliphatic carbocycles. The molecule has 4 nitrogen and oxygen atoms in total. The van der Waals surface area contributed by atoms with Crippen LogP contribution in [0.5, 0.6) is 0 Å². The molecule has 0 unspecified atom stereocenters. The van der Waals surface area contributed by atoms with Crippen molar-refractivity contribution in [1.82, 2.24) is 15.1 Å². The Labute approximate surface area is 113 Å². The second kappa shape index (κ2) is 5.69. The number of nitrogens with zero attached hydrogens (tertiary/aromatic N) is 2. The van der Waals surface area contributed by atoms with Crippen molar-refractivity contribution >= 4 is 5.91 Å². The number of nitrogens with one attached hydrogen (secondary N) is 1. The topological polar surface area (TPSA) is 49.0 Å². The molecule has 0 atom stereocenters. The summed E-state index contributed by atoms with van der Waals surface area (Å²) in [5.41, 5.74) is 3.41. The molecule has 1 N–H and O–H groups in total. The Morgan fingerprint density at radius 1 is 1.26 bits per heavy atom. The Balaban J connectivity index is 2.21. The van der Waals surface area contributed by atoms with Gasteiger partial charge >= 0.3 is 0 Å². The van der Waals surface area contributed by atoms with Crippen molar-refractivity contribution in [2.45, 2.75) is 27.3 Å². The largest absolute Gasteiger partial charge is 0.334 e. The van der Waals surface area contributed by atoms with Crippen molar-refractivity contribution in [3.63, 3.8) is 0 Å². The lowest BCUT2D eigenvalue weighted by atomic mass is 10.1. The number of hydrogen-bond acceptors (Lipinski definition) is 2. The molecular weight excluding hydrogens is 238 g/mol. The highest BCUT2D eigenvalue weighted by atomic mass is 16.2. The molecule has 1 heterocycles. The Kier molecular flexibility index (Phi) is 4.00. The molecule has 0 spiro atoms. The Morgan fingerprint density at radius 2 is 1.95 bits per heavy atom. The summed E-state index contributed by atoms with van der Waals surface area (Å²) in [4.78, 5) is 14.4. The minimum Gasteiger partial charge on any atom is -0.334 e. The van der Waals surface area contributed by atoms with Gasteiger partial charge in [0, 0.05) is 18.8 Å². The molecule has 0 aliphatic rings. The third kappa shape index (κ3) is 2.84. The zero-order valence-corrected chi connectivity index (χ0v) is 11.6. The summed E-state index contributed by atoms with van der Waals surface area (Å²) < 4.78 is 0. The number of hydrogen-bond donors (Lipinski definition) is 1. The number of H-pyrrole nitrogens is 1. The number of aryl methyl sites for hydroxylation is 2. The monoisotopic (exact) mass is 257 g/mol. The number of benzene rings is 1. The van der Waals surface area contributed by atoms with Gasteiger partial charge < -0.3 is 4.90 Å². The number of aromatic nitrogens is 2. The highest BCUT2D eigenvalue weighted by Crippen LogP contribution is 2.14. The van der Waals surface area contributed by atoms with Crippen molar-refractivity contribution in [3.8, 4) is 0 Å². The lowest BCUT2D eigenvalue weighted by Crippen LogP contribution is -2.31. The van der Waals surface area contributed by atoms with E-state index in [1.54, 1.807) is 0 Å². The predicted molar refractivity (Wildman–Crippen MR) is 74.9 cm³/mol. The summed E-state index contributed by atoms with van der Waals surface area (Å²) in [5.74, 6) is 0.0371. The summed E-state index contributed by atoms with van der Waals surface area (Å²) in [7, 11) is 0. The van der Waals surface area contributed by atoms with Gasteiger partial charge in [-0.1, -0.05) is 30.3 Å². The molecule has 1 aromatic heterocycles. The van der Waals surface area contributed by atoms with E-state index in [-0.39, 0.29) is 5.91 Å². The minimum absolute atomic E-state index is 0.0371. The van der Waals surface area contributed by atoms with Gasteiger partial charge in [0.1, 0.15) is 0 Å². The van der Waals surface area contributed by atoms with Gasteiger partial charge in [0.25, 0.3) is 5.91 Å². The lowest BCUT2D eigenvalue weighted by molar-refractivity contribution is 0.0751. The van der Waals surface area contributed by atoms with Crippen LogP contribution in [0.1, 0.15) is 34.2 Å². The Morgan fingerprint density at radius 3 is 2.47 bits per heavy atom. The molecule has 0 fully saturated rings. The average molecular weight is 257 g/mol. The van der Waals surface area contributed by atoms with Crippen LogP contribution in [0, 0.1) is 13.8 Å². The second-order valence-electron chi connectivity index (χ2n) is 4.61. The first-order chi connectivity index (χ1) is 9.13. The lowest BCUT2D eigenvalue weighted by Gasteiger charge is -2.21. The van der Waals surface area contributed by atoms with Crippen molar-refractivity contribution in [1.29, 1.82) is 0 Å². The number of rotatable bonds is 4. The third-order valence-electron chi connectivity index (χ3n) is 3.23. The summed E-state index contributed by atoms with van der Waals surface area (Å²) in [5, 5.41) is 6.95. The second-order valence-corrected chi connectivity index (χ2v) is 4.61. The van der Waals surface area contributed by atoms with Gasteiger partial charge in [-0.2, -0.15) is 5.10 Å². The van der Waals surface area contributed by atoms with Crippen LogP contribution in [0.2, 0.25) is 0 Å². The van der Waals surface area contributed by atoms with Crippen LogP contribution < -0.4 is 0 Å². The first-order valence-corrected chi connectivity index (χ1v) is 6.48. The zero-order chi connectivity index (χ0) is 13.8. The molecule has 2 aromatic rings. The fraction of sp³-hybridized carbons (Fsp3) is 0.333. The van der Waals surface area contributed by atoms with E-state index in [2.05, 4.69) is 10.2 Å². The van der Waals surface area contributed by atoms with Crippen LogP contribution in [0.15, 0.2) is 30.3 Å². The highest BCUT2D eigenvalue weighted by Gasteiger charge is 2.20. The van der Waals surface area contributed by atoms with E-state index in [1.165, 1.54) is 0 Å². The van der Waals surface area contributed by atoms with Crippen LogP contribution in [-0.4, -0.2) is 27.5 Å². The first-order valence-electron chi connectivity index (χ1n) is 6.48. The third-order valence-corrected chi connectivity index (χ3v) is 3.23. The Bertz CT molecular complexity index is 541. The maximum atomic E-state index is 12.5. The maximum Gasteiger partial charge on any atom is 0.257 e. The quantitative estimate of drug-likeness (QED) is 0.915. The summed E-state index contributed by atoms with van der Waals surface area (Å²) in [6.45, 7) is 7.03. The molecule has 100 valence electrons. The Hall–Kier alpha value is -2.10. The van der Waals surface area contributed by atoms with E-state index in [0.717, 1.165) is 17.0 Å². The van der Waals surface area contributed by atoms with Crippen LogP contribution >= 0.6 is 0 Å². The van der Waals surface area contributed by atoms with E-state index in [9.17, 15) is 4.79 Å². The van der Waals surface area contributed by atoms with E-state index >= 15 is 0 Å². The fourth-order valence-electron chi connectivity index (χ4n) is 2.16. The number of carbonyl (C=O) groups excluding carboxylic acids is 1. The number of amides is 1. The normalized spacial score (nSPS) is 10.5. The van der Waals surface area contributed by atoms with Gasteiger partial charge in [-0.15, -0.1) is 0 Å². The summed E-state index contributed by atoms with van der Waals surface area (Å²) >= 11 is 0. The summed E-state index contributed by atoms with van der Waals surface area (Å²) in [6.07, 6.45) is 0. The molecule has 19 heavy (non-hydrogen) atoms. The standard InChI is InChI=1S/C15H19N3O/c1-4-18(10-13-8-6-5-7-9-13)15(19)14-11(2)16-17-12(14)3/h5-9H,4,10H2,1-3H3,(H,16,17). The van der Waals surface area contributed by atoms with Gasteiger partial charge in [-0.05, 0) is 26.3 Å².